The average Bonchev–Trinajstić information content (AvgIpc) is 2.69. The predicted octanol–water partition coefficient (Wildman–Crippen LogP) is 2.90. The van der Waals surface area contributed by atoms with E-state index in [2.05, 4.69) is 6.92 Å². The quantitative estimate of drug-likeness (QED) is 0.597. The maximum Gasteiger partial charge on any atom is 0.239 e. The number of amides is 2. The molecule has 1 saturated heterocycles. The third-order valence-corrected chi connectivity index (χ3v) is 4.16. The Balaban J connectivity index is 2.05. The molecule has 1 aliphatic rings. The summed E-state index contributed by atoms with van der Waals surface area (Å²) in [4.78, 5) is 25.2. The molecule has 1 fully saturated rings. The molecule has 4 nitrogen and oxygen atoms in total. The fraction of sp³-hybridized carbons (Fsp3) is 0.529. The molecule has 1 heterocycles. The first-order valence-electron chi connectivity index (χ1n) is 7.53. The van der Waals surface area contributed by atoms with E-state index in [0.717, 1.165) is 17.7 Å². The van der Waals surface area contributed by atoms with Gasteiger partial charge in [0.1, 0.15) is 5.75 Å². The van der Waals surface area contributed by atoms with E-state index in [4.69, 9.17) is 4.74 Å². The molecule has 21 heavy (non-hydrogen) atoms. The summed E-state index contributed by atoms with van der Waals surface area (Å²) in [5.41, 5.74) is 0.123. The maximum absolute atomic E-state index is 12.2. The van der Waals surface area contributed by atoms with Gasteiger partial charge in [0.25, 0.3) is 0 Å². The minimum absolute atomic E-state index is 0.123. The zero-order chi connectivity index (χ0) is 15.5. The van der Waals surface area contributed by atoms with Crippen LogP contribution in [0.4, 0.5) is 0 Å². The number of ether oxygens (including phenoxy) is 1. The average molecular weight is 289 g/mol. The molecule has 0 radical (unpaired) electrons. The first-order chi connectivity index (χ1) is 9.99. The van der Waals surface area contributed by atoms with Gasteiger partial charge in [-0.1, -0.05) is 31.9 Å². The van der Waals surface area contributed by atoms with Gasteiger partial charge in [0.15, 0.2) is 0 Å². The van der Waals surface area contributed by atoms with Crippen molar-refractivity contribution in [1.29, 1.82) is 0 Å². The van der Waals surface area contributed by atoms with E-state index in [-0.39, 0.29) is 18.2 Å². The van der Waals surface area contributed by atoms with Gasteiger partial charge >= 0.3 is 0 Å². The lowest BCUT2D eigenvalue weighted by atomic mass is 9.81. The van der Waals surface area contributed by atoms with Crippen LogP contribution in [0.25, 0.3) is 0 Å². The summed E-state index contributed by atoms with van der Waals surface area (Å²) in [6, 6.07) is 7.53. The molecule has 0 aromatic heterocycles. The molecule has 1 aromatic carbocycles. The fourth-order valence-corrected chi connectivity index (χ4v) is 2.67. The van der Waals surface area contributed by atoms with Gasteiger partial charge in [-0.25, -0.2) is 0 Å². The first kappa shape index (κ1) is 15.5. The normalized spacial score (nSPS) is 22.0. The van der Waals surface area contributed by atoms with Gasteiger partial charge in [-0.3, -0.25) is 14.5 Å². The van der Waals surface area contributed by atoms with Crippen LogP contribution >= 0.6 is 0 Å². The van der Waals surface area contributed by atoms with Crippen LogP contribution in [-0.2, 0) is 15.0 Å². The molecule has 2 rings (SSSR count). The SMILES string of the molecule is CCCCCOc1ccc(C2(C)CC(=O)N(C)C2=O)cc1. The third-order valence-electron chi connectivity index (χ3n) is 4.16. The first-order valence-corrected chi connectivity index (χ1v) is 7.53. The van der Waals surface area contributed by atoms with Crippen molar-refractivity contribution in [3.05, 3.63) is 29.8 Å². The Bertz CT molecular complexity index is 523. The highest BCUT2D eigenvalue weighted by Crippen LogP contribution is 2.36. The van der Waals surface area contributed by atoms with E-state index >= 15 is 0 Å². The van der Waals surface area contributed by atoms with E-state index < -0.39 is 5.41 Å². The van der Waals surface area contributed by atoms with Crippen molar-refractivity contribution >= 4 is 11.8 Å². The summed E-state index contributed by atoms with van der Waals surface area (Å²) in [7, 11) is 1.54. The van der Waals surface area contributed by atoms with E-state index in [0.29, 0.717) is 6.61 Å². The molecule has 0 aliphatic carbocycles. The topological polar surface area (TPSA) is 46.6 Å². The molecule has 0 N–H and O–H groups in total. The zero-order valence-electron chi connectivity index (χ0n) is 13.0. The van der Waals surface area contributed by atoms with Gasteiger partial charge in [0, 0.05) is 13.5 Å². The largest absolute Gasteiger partial charge is 0.494 e. The van der Waals surface area contributed by atoms with Crippen LogP contribution in [0, 0.1) is 0 Å². The van der Waals surface area contributed by atoms with Crippen LogP contribution in [0.3, 0.4) is 0 Å². The monoisotopic (exact) mass is 289 g/mol. The zero-order valence-corrected chi connectivity index (χ0v) is 13.0. The van der Waals surface area contributed by atoms with Crippen molar-refractivity contribution in [2.45, 2.75) is 44.9 Å². The Kier molecular flexibility index (Phi) is 4.66. The van der Waals surface area contributed by atoms with Gasteiger partial charge in [0.2, 0.25) is 11.8 Å². The van der Waals surface area contributed by atoms with Crippen LogP contribution in [-0.4, -0.2) is 30.4 Å². The number of benzene rings is 1. The second-order valence-electron chi connectivity index (χ2n) is 5.85. The molecule has 0 saturated carbocycles. The molecule has 4 heteroatoms. The molecule has 2 amide bonds. The molecule has 1 aliphatic heterocycles. The standard InChI is InChI=1S/C17H23NO3/c1-4-5-6-11-21-14-9-7-13(8-10-14)17(2)12-15(19)18(3)16(17)20/h7-10H,4-6,11-12H2,1-3H3. The summed E-state index contributed by atoms with van der Waals surface area (Å²) >= 11 is 0. The second kappa shape index (κ2) is 6.29. The number of rotatable bonds is 6. The maximum atomic E-state index is 12.2. The van der Waals surface area contributed by atoms with Gasteiger partial charge in [-0.2, -0.15) is 0 Å². The lowest BCUT2D eigenvalue weighted by molar-refractivity contribution is -0.138. The summed E-state index contributed by atoms with van der Waals surface area (Å²) in [5.74, 6) is 0.551. The summed E-state index contributed by atoms with van der Waals surface area (Å²) in [6.07, 6.45) is 3.62. The molecule has 114 valence electrons. The number of imide groups is 1. The molecular weight excluding hydrogens is 266 g/mol. The van der Waals surface area contributed by atoms with Crippen LogP contribution in [0.15, 0.2) is 24.3 Å². The Morgan fingerprint density at radius 3 is 2.38 bits per heavy atom. The fourth-order valence-electron chi connectivity index (χ4n) is 2.67. The van der Waals surface area contributed by atoms with Gasteiger partial charge < -0.3 is 4.74 Å². The van der Waals surface area contributed by atoms with Crippen molar-refractivity contribution in [3.8, 4) is 5.75 Å². The van der Waals surface area contributed by atoms with E-state index in [9.17, 15) is 9.59 Å². The van der Waals surface area contributed by atoms with E-state index in [1.54, 1.807) is 7.05 Å². The highest BCUT2D eigenvalue weighted by molar-refractivity contribution is 6.08. The van der Waals surface area contributed by atoms with Crippen LogP contribution in [0.1, 0.15) is 45.1 Å². The van der Waals surface area contributed by atoms with Gasteiger partial charge in [0.05, 0.1) is 12.0 Å². The molecule has 1 atom stereocenters. The minimum atomic E-state index is -0.743. The van der Waals surface area contributed by atoms with Crippen molar-refractivity contribution in [2.24, 2.45) is 0 Å². The summed E-state index contributed by atoms with van der Waals surface area (Å²) in [5, 5.41) is 0. The predicted molar refractivity (Wildman–Crippen MR) is 81.2 cm³/mol. The van der Waals surface area contributed by atoms with Gasteiger partial charge in [-0.15, -0.1) is 0 Å². The van der Waals surface area contributed by atoms with Crippen LogP contribution in [0.5, 0.6) is 5.75 Å². The smallest absolute Gasteiger partial charge is 0.239 e. The van der Waals surface area contributed by atoms with E-state index in [1.165, 1.54) is 17.7 Å². The second-order valence-corrected chi connectivity index (χ2v) is 5.85. The number of nitrogens with zero attached hydrogens (tertiary/aromatic N) is 1. The van der Waals surface area contributed by atoms with Gasteiger partial charge in [-0.05, 0) is 31.0 Å². The lowest BCUT2D eigenvalue weighted by Crippen LogP contribution is -2.34. The third kappa shape index (κ3) is 3.09. The number of hydrogen-bond donors (Lipinski definition) is 0. The van der Waals surface area contributed by atoms with Crippen LogP contribution < -0.4 is 4.74 Å². The Hall–Kier alpha value is -1.84. The highest BCUT2D eigenvalue weighted by Gasteiger charge is 2.47. The summed E-state index contributed by atoms with van der Waals surface area (Å²) in [6.45, 7) is 4.70. The molecular formula is C17H23NO3. The Morgan fingerprint density at radius 2 is 1.86 bits per heavy atom. The minimum Gasteiger partial charge on any atom is -0.494 e. The number of likely N-dealkylation sites (tertiary alicyclic amines) is 1. The van der Waals surface area contributed by atoms with Crippen molar-refractivity contribution < 1.29 is 14.3 Å². The van der Waals surface area contributed by atoms with Crippen molar-refractivity contribution in [2.75, 3.05) is 13.7 Å². The Morgan fingerprint density at radius 1 is 1.19 bits per heavy atom. The van der Waals surface area contributed by atoms with Crippen LogP contribution in [0.2, 0.25) is 0 Å². The van der Waals surface area contributed by atoms with Crippen molar-refractivity contribution in [3.63, 3.8) is 0 Å². The number of carbonyl (C=O) groups is 2. The summed E-state index contributed by atoms with van der Waals surface area (Å²) < 4.78 is 5.67. The molecule has 0 spiro atoms. The molecule has 1 aromatic rings. The number of unbranched alkanes of at least 4 members (excludes halogenated alkanes) is 2. The number of carbonyl (C=O) groups excluding carboxylic acids is 2. The highest BCUT2D eigenvalue weighted by atomic mass is 16.5. The molecule has 1 unspecified atom stereocenters. The Labute approximate surface area is 126 Å². The van der Waals surface area contributed by atoms with E-state index in [1.807, 2.05) is 31.2 Å². The van der Waals surface area contributed by atoms with Crippen molar-refractivity contribution in [1.82, 2.24) is 4.90 Å². The number of hydrogen-bond acceptors (Lipinski definition) is 3. The molecule has 0 bridgehead atoms. The number of likely N-dealkylation sites (N-methyl/N-ethyl adjacent to an activating group) is 1. The lowest BCUT2D eigenvalue weighted by Gasteiger charge is -2.21.